The highest BCUT2D eigenvalue weighted by Gasteiger charge is 2.08. The van der Waals surface area contributed by atoms with Crippen LogP contribution in [0.3, 0.4) is 0 Å². The van der Waals surface area contributed by atoms with Crippen molar-refractivity contribution in [2.24, 2.45) is 4.99 Å². The van der Waals surface area contributed by atoms with Crippen LogP contribution in [-0.2, 0) is 19.4 Å². The van der Waals surface area contributed by atoms with Gasteiger partial charge in [-0.1, -0.05) is 19.1 Å². The number of nitrogens with zero attached hydrogens (tertiary/aromatic N) is 2. The van der Waals surface area contributed by atoms with Crippen molar-refractivity contribution in [2.45, 2.75) is 33.2 Å². The van der Waals surface area contributed by atoms with Crippen molar-refractivity contribution in [2.75, 3.05) is 27.2 Å². The lowest BCUT2D eigenvalue weighted by Gasteiger charge is -2.13. The molecule has 0 saturated heterocycles. The van der Waals surface area contributed by atoms with Gasteiger partial charge in [0.05, 0.1) is 6.54 Å². The van der Waals surface area contributed by atoms with Crippen LogP contribution in [0.4, 0.5) is 0 Å². The number of hydrogen-bond acceptors (Lipinski definition) is 3. The molecule has 1 amide bonds. The van der Waals surface area contributed by atoms with Crippen LogP contribution in [0.25, 0.3) is 0 Å². The highest BCUT2D eigenvalue weighted by atomic mass is 32.1. The van der Waals surface area contributed by atoms with Gasteiger partial charge in [-0.05, 0) is 49.6 Å². The molecule has 1 aromatic heterocycles. The third kappa shape index (κ3) is 6.71. The van der Waals surface area contributed by atoms with Crippen LogP contribution in [0.5, 0.6) is 0 Å². The average molecular weight is 387 g/mol. The quantitative estimate of drug-likeness (QED) is 0.541. The maximum absolute atomic E-state index is 12.1. The lowest BCUT2D eigenvalue weighted by molar-refractivity contribution is 0.0827. The smallest absolute Gasteiger partial charge is 0.253 e. The molecule has 6 heteroatoms. The third-order valence-corrected chi connectivity index (χ3v) is 5.30. The maximum atomic E-state index is 12.1. The minimum Gasteiger partial charge on any atom is -0.357 e. The van der Waals surface area contributed by atoms with E-state index in [4.69, 9.17) is 0 Å². The topological polar surface area (TPSA) is 56.7 Å². The van der Waals surface area contributed by atoms with E-state index in [1.54, 1.807) is 19.0 Å². The fourth-order valence-electron chi connectivity index (χ4n) is 2.64. The minimum absolute atomic E-state index is 0.0297. The van der Waals surface area contributed by atoms with Crippen molar-refractivity contribution in [3.63, 3.8) is 0 Å². The molecule has 0 unspecified atom stereocenters. The Morgan fingerprint density at radius 2 is 1.89 bits per heavy atom. The monoisotopic (exact) mass is 386 g/mol. The van der Waals surface area contributed by atoms with Gasteiger partial charge in [-0.25, -0.2) is 4.99 Å². The van der Waals surface area contributed by atoms with Crippen LogP contribution in [-0.4, -0.2) is 44.0 Å². The number of nitrogens with one attached hydrogen (secondary N) is 2. The van der Waals surface area contributed by atoms with Crippen LogP contribution >= 0.6 is 11.3 Å². The van der Waals surface area contributed by atoms with Gasteiger partial charge in [-0.2, -0.15) is 0 Å². The number of carbonyl (C=O) groups excluding carboxylic acids is 1. The Morgan fingerprint density at radius 3 is 2.56 bits per heavy atom. The Balaban J connectivity index is 1.91. The number of aliphatic imine (C=N–C) groups is 1. The molecule has 0 aliphatic heterocycles. The second-order valence-corrected chi connectivity index (χ2v) is 7.75. The van der Waals surface area contributed by atoms with Crippen LogP contribution in [0, 0.1) is 0 Å². The molecule has 2 aromatic rings. The Morgan fingerprint density at radius 1 is 1.11 bits per heavy atom. The molecule has 0 spiro atoms. The molecular formula is C21H30N4OS. The Bertz CT molecular complexity index is 767. The normalized spacial score (nSPS) is 11.3. The summed E-state index contributed by atoms with van der Waals surface area (Å²) < 4.78 is 0. The summed E-state index contributed by atoms with van der Waals surface area (Å²) in [5.74, 6) is 0.853. The van der Waals surface area contributed by atoms with Gasteiger partial charge < -0.3 is 15.5 Å². The summed E-state index contributed by atoms with van der Waals surface area (Å²) in [5, 5.41) is 6.67. The van der Waals surface area contributed by atoms with Crippen molar-refractivity contribution < 1.29 is 4.79 Å². The molecule has 2 rings (SSSR count). The first-order valence-electron chi connectivity index (χ1n) is 9.43. The summed E-state index contributed by atoms with van der Waals surface area (Å²) in [6.07, 6.45) is 1.90. The van der Waals surface area contributed by atoms with Gasteiger partial charge in [0.15, 0.2) is 5.96 Å². The van der Waals surface area contributed by atoms with Gasteiger partial charge in [-0.15, -0.1) is 11.3 Å². The van der Waals surface area contributed by atoms with Crippen LogP contribution < -0.4 is 10.6 Å². The second kappa shape index (κ2) is 10.7. The number of rotatable bonds is 8. The van der Waals surface area contributed by atoms with E-state index >= 15 is 0 Å². The van der Waals surface area contributed by atoms with Crippen molar-refractivity contribution >= 4 is 23.2 Å². The summed E-state index contributed by atoms with van der Waals surface area (Å²) in [4.78, 5) is 21.0. The number of hydrogen-bond donors (Lipinski definition) is 2. The molecule has 0 fully saturated rings. The van der Waals surface area contributed by atoms with E-state index in [0.29, 0.717) is 6.54 Å². The standard InChI is InChI=1S/C21H30N4OS/c1-5-18-10-11-19(27-18)15-24-21(22-6-2)23-13-12-16-8-7-9-17(14-16)20(26)25(3)4/h7-11,14H,5-6,12-13,15H2,1-4H3,(H2,22,23,24). The number of benzene rings is 1. The van der Waals surface area contributed by atoms with E-state index in [9.17, 15) is 4.79 Å². The number of carbonyl (C=O) groups is 1. The average Bonchev–Trinajstić information content (AvgIpc) is 3.13. The molecule has 0 aliphatic rings. The van der Waals surface area contributed by atoms with Crippen LogP contribution in [0.15, 0.2) is 41.4 Å². The predicted molar refractivity (Wildman–Crippen MR) is 115 cm³/mol. The van der Waals surface area contributed by atoms with Crippen LogP contribution in [0.2, 0.25) is 0 Å². The van der Waals surface area contributed by atoms with E-state index in [-0.39, 0.29) is 5.91 Å². The SMILES string of the molecule is CCNC(=NCc1ccc(CC)s1)NCCc1cccc(C(=O)N(C)C)c1. The van der Waals surface area contributed by atoms with Gasteiger partial charge in [0, 0.05) is 42.5 Å². The molecule has 2 N–H and O–H groups in total. The highest BCUT2D eigenvalue weighted by molar-refractivity contribution is 7.11. The zero-order valence-corrected chi connectivity index (χ0v) is 17.5. The van der Waals surface area contributed by atoms with E-state index < -0.39 is 0 Å². The fraction of sp³-hybridized carbons (Fsp3) is 0.429. The number of amides is 1. The van der Waals surface area contributed by atoms with Crippen LogP contribution in [0.1, 0.15) is 39.5 Å². The first kappa shape index (κ1) is 21.0. The third-order valence-electron chi connectivity index (χ3n) is 4.09. The first-order chi connectivity index (χ1) is 13.0. The van der Waals surface area contributed by atoms with Crippen molar-refractivity contribution in [3.8, 4) is 0 Å². The zero-order valence-electron chi connectivity index (χ0n) is 16.7. The van der Waals surface area contributed by atoms with Crippen molar-refractivity contribution in [3.05, 3.63) is 57.3 Å². The molecule has 146 valence electrons. The molecule has 0 bridgehead atoms. The minimum atomic E-state index is 0.0297. The Kier molecular flexibility index (Phi) is 8.33. The first-order valence-corrected chi connectivity index (χ1v) is 10.3. The van der Waals surface area contributed by atoms with Gasteiger partial charge >= 0.3 is 0 Å². The lowest BCUT2D eigenvalue weighted by Crippen LogP contribution is -2.38. The van der Waals surface area contributed by atoms with Gasteiger partial charge in [0.2, 0.25) is 0 Å². The molecule has 27 heavy (non-hydrogen) atoms. The molecule has 1 heterocycles. The molecule has 0 aliphatic carbocycles. The van der Waals surface area contributed by atoms with E-state index in [2.05, 4.69) is 47.7 Å². The van der Waals surface area contributed by atoms with Gasteiger partial charge in [0.25, 0.3) is 5.91 Å². The number of aryl methyl sites for hydroxylation is 1. The maximum Gasteiger partial charge on any atom is 0.253 e. The van der Waals surface area contributed by atoms with E-state index in [1.807, 2.05) is 29.5 Å². The summed E-state index contributed by atoms with van der Waals surface area (Å²) >= 11 is 1.82. The zero-order chi connectivity index (χ0) is 19.6. The number of guanidine groups is 1. The Labute approximate surface area is 166 Å². The van der Waals surface area contributed by atoms with Crippen molar-refractivity contribution in [1.82, 2.24) is 15.5 Å². The summed E-state index contributed by atoms with van der Waals surface area (Å²) in [6.45, 7) is 6.51. The number of thiophene rings is 1. The summed E-state index contributed by atoms with van der Waals surface area (Å²) in [6, 6.07) is 12.1. The van der Waals surface area contributed by atoms with Crippen molar-refractivity contribution in [1.29, 1.82) is 0 Å². The van der Waals surface area contributed by atoms with Gasteiger partial charge in [0.1, 0.15) is 0 Å². The second-order valence-electron chi connectivity index (χ2n) is 6.49. The molecule has 1 aromatic carbocycles. The molecule has 0 radical (unpaired) electrons. The molecule has 0 atom stereocenters. The fourth-order valence-corrected chi connectivity index (χ4v) is 3.52. The predicted octanol–water partition coefficient (Wildman–Crippen LogP) is 3.31. The van der Waals surface area contributed by atoms with Gasteiger partial charge in [-0.3, -0.25) is 4.79 Å². The summed E-state index contributed by atoms with van der Waals surface area (Å²) in [5.41, 5.74) is 1.86. The molecule has 5 nitrogen and oxygen atoms in total. The lowest BCUT2D eigenvalue weighted by atomic mass is 10.1. The Hall–Kier alpha value is -2.34. The van der Waals surface area contributed by atoms with E-state index in [1.165, 1.54) is 9.75 Å². The largest absolute Gasteiger partial charge is 0.357 e. The highest BCUT2D eigenvalue weighted by Crippen LogP contribution is 2.17. The summed E-state index contributed by atoms with van der Waals surface area (Å²) in [7, 11) is 3.54. The molecular weight excluding hydrogens is 356 g/mol. The molecule has 0 saturated carbocycles. The van der Waals surface area contributed by atoms with E-state index in [0.717, 1.165) is 43.0 Å².